The Balaban J connectivity index is 2.15. The molecule has 0 amide bonds. The maximum Gasteiger partial charge on any atom is 0.182 e. The molecule has 2 N–H and O–H groups in total. The lowest BCUT2D eigenvalue weighted by molar-refractivity contribution is 0.412. The van der Waals surface area contributed by atoms with E-state index < -0.39 is 0 Å². The van der Waals surface area contributed by atoms with Crippen LogP contribution in [0.4, 0.5) is 0 Å². The van der Waals surface area contributed by atoms with Gasteiger partial charge in [-0.15, -0.1) is 0 Å². The summed E-state index contributed by atoms with van der Waals surface area (Å²) >= 11 is 6.10. The van der Waals surface area contributed by atoms with Crippen molar-refractivity contribution in [2.75, 3.05) is 7.11 Å². The number of nitrogens with zero attached hydrogens (tertiary/aromatic N) is 2. The van der Waals surface area contributed by atoms with Gasteiger partial charge in [-0.05, 0) is 49.7 Å². The number of benzene rings is 2. The van der Waals surface area contributed by atoms with Gasteiger partial charge in [0.15, 0.2) is 5.65 Å². The quantitative estimate of drug-likeness (QED) is 0.545. The zero-order chi connectivity index (χ0) is 17.7. The number of halogens is 1. The zero-order valence-corrected chi connectivity index (χ0v) is 14.8. The van der Waals surface area contributed by atoms with Crippen molar-refractivity contribution < 1.29 is 9.84 Å². The summed E-state index contributed by atoms with van der Waals surface area (Å²) in [6.45, 7) is 3.97. The van der Waals surface area contributed by atoms with Crippen molar-refractivity contribution in [2.24, 2.45) is 0 Å². The average Bonchev–Trinajstić information content (AvgIpc) is 2.97. The molecule has 0 aliphatic rings. The van der Waals surface area contributed by atoms with E-state index in [1.54, 1.807) is 25.3 Å². The number of aromatic amines is 1. The number of aromatic hydroxyl groups is 1. The monoisotopic (exact) mass is 353 g/mol. The number of H-pyrrole nitrogens is 1. The van der Waals surface area contributed by atoms with Gasteiger partial charge in [0.1, 0.15) is 11.5 Å². The molecule has 4 aromatic rings. The highest BCUT2D eigenvalue weighted by atomic mass is 35.5. The molecular weight excluding hydrogens is 338 g/mol. The first-order valence-electron chi connectivity index (χ1n) is 7.81. The molecule has 126 valence electrons. The van der Waals surface area contributed by atoms with E-state index in [2.05, 4.69) is 16.3 Å². The van der Waals surface area contributed by atoms with Crippen LogP contribution in [0.2, 0.25) is 5.02 Å². The molecular formula is C19H16ClN3O2. The highest BCUT2D eigenvalue weighted by molar-refractivity contribution is 6.32. The van der Waals surface area contributed by atoms with Crippen LogP contribution in [-0.2, 0) is 0 Å². The largest absolute Gasteiger partial charge is 0.506 e. The van der Waals surface area contributed by atoms with Gasteiger partial charge in [-0.3, -0.25) is 5.10 Å². The molecule has 0 saturated heterocycles. The van der Waals surface area contributed by atoms with Gasteiger partial charge < -0.3 is 9.84 Å². The van der Waals surface area contributed by atoms with Crippen molar-refractivity contribution in [2.45, 2.75) is 13.8 Å². The normalized spacial score (nSPS) is 11.4. The fraction of sp³-hybridized carbons (Fsp3) is 0.158. The molecule has 2 aromatic carbocycles. The number of phenols is 1. The van der Waals surface area contributed by atoms with Crippen molar-refractivity contribution in [1.29, 1.82) is 0 Å². The van der Waals surface area contributed by atoms with E-state index in [4.69, 9.17) is 21.3 Å². The number of phenolic OH excluding ortho intramolecular Hbond substituents is 1. The lowest BCUT2D eigenvalue weighted by Gasteiger charge is -2.12. The predicted octanol–water partition coefficient (Wildman–Crippen LogP) is 4.76. The highest BCUT2D eigenvalue weighted by Gasteiger charge is 2.16. The molecule has 0 fully saturated rings. The molecule has 6 heteroatoms. The summed E-state index contributed by atoms with van der Waals surface area (Å²) < 4.78 is 5.49. The van der Waals surface area contributed by atoms with Crippen LogP contribution in [0, 0.1) is 13.8 Å². The number of rotatable bonds is 2. The van der Waals surface area contributed by atoms with Gasteiger partial charge in [0, 0.05) is 27.4 Å². The molecule has 5 nitrogen and oxygen atoms in total. The molecule has 2 heterocycles. The Morgan fingerprint density at radius 3 is 2.64 bits per heavy atom. The summed E-state index contributed by atoms with van der Waals surface area (Å²) in [7, 11) is 1.66. The van der Waals surface area contributed by atoms with Gasteiger partial charge >= 0.3 is 0 Å². The predicted molar refractivity (Wildman–Crippen MR) is 99.5 cm³/mol. The van der Waals surface area contributed by atoms with Gasteiger partial charge in [0.05, 0.1) is 17.8 Å². The smallest absolute Gasteiger partial charge is 0.182 e. The molecule has 0 aliphatic heterocycles. The van der Waals surface area contributed by atoms with E-state index in [-0.39, 0.29) is 10.8 Å². The number of methoxy groups -OCH3 is 1. The van der Waals surface area contributed by atoms with Crippen LogP contribution < -0.4 is 4.74 Å². The van der Waals surface area contributed by atoms with E-state index >= 15 is 0 Å². The van der Waals surface area contributed by atoms with Crippen LogP contribution in [0.3, 0.4) is 0 Å². The number of pyridine rings is 1. The number of hydrogen-bond donors (Lipinski definition) is 2. The Kier molecular flexibility index (Phi) is 3.54. The van der Waals surface area contributed by atoms with Crippen LogP contribution in [-0.4, -0.2) is 27.4 Å². The number of aryl methyl sites for hydroxylation is 2. The summed E-state index contributed by atoms with van der Waals surface area (Å²) in [6.07, 6.45) is 0. The SMILES string of the molecule is COc1cc2c(cc1C)c(-c1ccc(O)c(Cl)c1)nc1n[nH]c(C)c12. The topological polar surface area (TPSA) is 71.0 Å². The summed E-state index contributed by atoms with van der Waals surface area (Å²) in [5.74, 6) is 0.861. The molecule has 0 bridgehead atoms. The van der Waals surface area contributed by atoms with Gasteiger partial charge in [-0.2, -0.15) is 5.10 Å². The second-order valence-corrected chi connectivity index (χ2v) is 6.45. The summed E-state index contributed by atoms with van der Waals surface area (Å²) in [6, 6.07) is 9.16. The van der Waals surface area contributed by atoms with E-state index in [0.29, 0.717) is 5.65 Å². The number of aromatic nitrogens is 3. The van der Waals surface area contributed by atoms with Crippen molar-refractivity contribution in [3.63, 3.8) is 0 Å². The van der Waals surface area contributed by atoms with Crippen molar-refractivity contribution in [1.82, 2.24) is 15.2 Å². The first kappa shape index (κ1) is 15.7. The third kappa shape index (κ3) is 2.39. The van der Waals surface area contributed by atoms with Crippen molar-refractivity contribution in [3.8, 4) is 22.8 Å². The number of fused-ring (bicyclic) bond motifs is 3. The Bertz CT molecular complexity index is 1130. The molecule has 0 aliphatic carbocycles. The van der Waals surface area contributed by atoms with E-state index in [9.17, 15) is 5.11 Å². The van der Waals surface area contributed by atoms with Crippen molar-refractivity contribution >= 4 is 33.4 Å². The summed E-state index contributed by atoms with van der Waals surface area (Å²) in [5.41, 5.74) is 4.19. The molecule has 0 saturated carbocycles. The summed E-state index contributed by atoms with van der Waals surface area (Å²) in [4.78, 5) is 4.74. The van der Waals surface area contributed by atoms with E-state index in [0.717, 1.165) is 44.4 Å². The lowest BCUT2D eigenvalue weighted by atomic mass is 9.98. The molecule has 0 spiro atoms. The zero-order valence-electron chi connectivity index (χ0n) is 14.0. The minimum absolute atomic E-state index is 0.0456. The van der Waals surface area contributed by atoms with Gasteiger partial charge in [-0.1, -0.05) is 11.6 Å². The molecule has 0 radical (unpaired) electrons. The maximum absolute atomic E-state index is 9.71. The van der Waals surface area contributed by atoms with Crippen LogP contribution in [0.5, 0.6) is 11.5 Å². The van der Waals surface area contributed by atoms with Crippen LogP contribution in [0.25, 0.3) is 33.1 Å². The van der Waals surface area contributed by atoms with Gasteiger partial charge in [0.2, 0.25) is 0 Å². The standard InChI is InChI=1S/C19H16ClN3O2/c1-9-6-13-12(8-16(9)25-3)17-10(2)22-23-19(17)21-18(13)11-4-5-15(24)14(20)7-11/h4-8,24H,1-3H3,(H,21,22,23). The van der Waals surface area contributed by atoms with E-state index in [1.165, 1.54) is 0 Å². The number of hydrogen-bond acceptors (Lipinski definition) is 4. The van der Waals surface area contributed by atoms with Crippen LogP contribution >= 0.6 is 11.6 Å². The van der Waals surface area contributed by atoms with E-state index in [1.807, 2.05) is 19.9 Å². The second kappa shape index (κ2) is 5.63. The maximum atomic E-state index is 9.71. The Hall–Kier alpha value is -2.79. The molecule has 0 atom stereocenters. The number of ether oxygens (including phenoxy) is 1. The minimum atomic E-state index is 0.0456. The molecule has 25 heavy (non-hydrogen) atoms. The first-order valence-corrected chi connectivity index (χ1v) is 8.19. The fourth-order valence-corrected chi connectivity index (χ4v) is 3.35. The van der Waals surface area contributed by atoms with Crippen LogP contribution in [0.1, 0.15) is 11.3 Å². The number of nitrogens with one attached hydrogen (secondary N) is 1. The average molecular weight is 354 g/mol. The highest BCUT2D eigenvalue weighted by Crippen LogP contribution is 2.38. The third-order valence-electron chi connectivity index (χ3n) is 4.43. The first-order chi connectivity index (χ1) is 12.0. The Morgan fingerprint density at radius 1 is 1.12 bits per heavy atom. The summed E-state index contributed by atoms with van der Waals surface area (Å²) in [5, 5.41) is 20.3. The Morgan fingerprint density at radius 2 is 1.92 bits per heavy atom. The van der Waals surface area contributed by atoms with Crippen LogP contribution in [0.15, 0.2) is 30.3 Å². The van der Waals surface area contributed by atoms with Gasteiger partial charge in [0.25, 0.3) is 0 Å². The third-order valence-corrected chi connectivity index (χ3v) is 4.73. The van der Waals surface area contributed by atoms with Gasteiger partial charge in [-0.25, -0.2) is 4.98 Å². The Labute approximate surface area is 149 Å². The second-order valence-electron chi connectivity index (χ2n) is 6.04. The molecule has 0 unspecified atom stereocenters. The lowest BCUT2D eigenvalue weighted by Crippen LogP contribution is -1.93. The molecule has 4 rings (SSSR count). The fourth-order valence-electron chi connectivity index (χ4n) is 3.17. The molecule has 2 aromatic heterocycles. The minimum Gasteiger partial charge on any atom is -0.506 e. The van der Waals surface area contributed by atoms with Crippen molar-refractivity contribution in [3.05, 3.63) is 46.6 Å².